The molecule has 1 heterocycles. The molecule has 0 saturated heterocycles. The SMILES string of the molecule is CCOc1ccccc1NC(=O)Cn1nc(-c2ccc(Cl)cc2)ccc1=O. The third-order valence-corrected chi connectivity index (χ3v) is 4.01. The second-order valence-electron chi connectivity index (χ2n) is 5.70. The van der Waals surface area contributed by atoms with Gasteiger partial charge in [-0.3, -0.25) is 9.59 Å². The summed E-state index contributed by atoms with van der Waals surface area (Å²) in [6.07, 6.45) is 0. The maximum atomic E-state index is 12.4. The molecule has 0 spiro atoms. The molecule has 0 atom stereocenters. The summed E-state index contributed by atoms with van der Waals surface area (Å²) >= 11 is 5.90. The van der Waals surface area contributed by atoms with Crippen LogP contribution < -0.4 is 15.6 Å². The monoisotopic (exact) mass is 383 g/mol. The zero-order valence-electron chi connectivity index (χ0n) is 14.7. The fourth-order valence-corrected chi connectivity index (χ4v) is 2.64. The first-order valence-corrected chi connectivity index (χ1v) is 8.80. The van der Waals surface area contributed by atoms with Crippen molar-refractivity contribution >= 4 is 23.2 Å². The maximum Gasteiger partial charge on any atom is 0.267 e. The molecule has 0 aliphatic carbocycles. The van der Waals surface area contributed by atoms with Crippen molar-refractivity contribution in [3.8, 4) is 17.0 Å². The molecule has 1 aromatic heterocycles. The van der Waals surface area contributed by atoms with Gasteiger partial charge in [0, 0.05) is 16.7 Å². The molecule has 0 aliphatic rings. The van der Waals surface area contributed by atoms with Gasteiger partial charge in [-0.15, -0.1) is 0 Å². The Hall–Kier alpha value is -3.12. The molecular formula is C20H18ClN3O3. The van der Waals surface area contributed by atoms with Crippen molar-refractivity contribution in [2.75, 3.05) is 11.9 Å². The van der Waals surface area contributed by atoms with E-state index in [-0.39, 0.29) is 18.0 Å². The number of amides is 1. The van der Waals surface area contributed by atoms with Crippen LogP contribution in [0.25, 0.3) is 11.3 Å². The lowest BCUT2D eigenvalue weighted by atomic mass is 10.1. The number of nitrogens with zero attached hydrogens (tertiary/aromatic N) is 2. The van der Waals surface area contributed by atoms with E-state index in [9.17, 15) is 9.59 Å². The maximum absolute atomic E-state index is 12.4. The largest absolute Gasteiger partial charge is 0.492 e. The van der Waals surface area contributed by atoms with Crippen LogP contribution in [0.2, 0.25) is 5.02 Å². The Balaban J connectivity index is 1.79. The van der Waals surface area contributed by atoms with Gasteiger partial charge in [0.15, 0.2) is 0 Å². The lowest BCUT2D eigenvalue weighted by molar-refractivity contribution is -0.117. The number of benzene rings is 2. The molecule has 3 rings (SSSR count). The summed E-state index contributed by atoms with van der Waals surface area (Å²) in [7, 11) is 0. The van der Waals surface area contributed by atoms with Gasteiger partial charge in [0.2, 0.25) is 5.91 Å². The fraction of sp³-hybridized carbons (Fsp3) is 0.150. The first-order valence-electron chi connectivity index (χ1n) is 8.42. The van der Waals surface area contributed by atoms with Crippen molar-refractivity contribution in [2.24, 2.45) is 0 Å². The van der Waals surface area contributed by atoms with E-state index in [2.05, 4.69) is 10.4 Å². The number of anilines is 1. The van der Waals surface area contributed by atoms with E-state index < -0.39 is 0 Å². The lowest BCUT2D eigenvalue weighted by Gasteiger charge is -2.12. The van der Waals surface area contributed by atoms with E-state index in [0.29, 0.717) is 28.8 Å². The van der Waals surface area contributed by atoms with Crippen molar-refractivity contribution in [2.45, 2.75) is 13.5 Å². The van der Waals surface area contributed by atoms with Gasteiger partial charge in [-0.05, 0) is 37.3 Å². The number of hydrogen-bond acceptors (Lipinski definition) is 4. The number of halogens is 1. The van der Waals surface area contributed by atoms with Crippen molar-refractivity contribution in [1.82, 2.24) is 9.78 Å². The Morgan fingerprint density at radius 3 is 2.59 bits per heavy atom. The zero-order chi connectivity index (χ0) is 19.2. The predicted molar refractivity (Wildman–Crippen MR) is 105 cm³/mol. The summed E-state index contributed by atoms with van der Waals surface area (Å²) in [6.45, 7) is 2.14. The van der Waals surface area contributed by atoms with Crippen LogP contribution in [0, 0.1) is 0 Å². The number of carbonyl (C=O) groups is 1. The molecule has 1 amide bonds. The highest BCUT2D eigenvalue weighted by Gasteiger charge is 2.11. The third kappa shape index (κ3) is 4.74. The topological polar surface area (TPSA) is 73.2 Å². The van der Waals surface area contributed by atoms with Gasteiger partial charge < -0.3 is 10.1 Å². The highest BCUT2D eigenvalue weighted by Crippen LogP contribution is 2.23. The third-order valence-electron chi connectivity index (χ3n) is 3.76. The summed E-state index contributed by atoms with van der Waals surface area (Å²) in [4.78, 5) is 24.5. The van der Waals surface area contributed by atoms with Gasteiger partial charge >= 0.3 is 0 Å². The lowest BCUT2D eigenvalue weighted by Crippen LogP contribution is -2.29. The van der Waals surface area contributed by atoms with Crippen LogP contribution in [-0.4, -0.2) is 22.3 Å². The highest BCUT2D eigenvalue weighted by atomic mass is 35.5. The van der Waals surface area contributed by atoms with Crippen LogP contribution in [0.4, 0.5) is 5.69 Å². The molecule has 27 heavy (non-hydrogen) atoms. The van der Waals surface area contributed by atoms with Crippen molar-refractivity contribution in [3.05, 3.63) is 76.0 Å². The highest BCUT2D eigenvalue weighted by molar-refractivity contribution is 6.30. The normalized spacial score (nSPS) is 10.4. The van der Waals surface area contributed by atoms with Gasteiger partial charge in [0.1, 0.15) is 12.3 Å². The number of carbonyl (C=O) groups excluding carboxylic acids is 1. The molecule has 0 saturated carbocycles. The second kappa shape index (κ2) is 8.51. The standard InChI is InChI=1S/C20H18ClN3O3/c1-2-27-18-6-4-3-5-17(18)22-19(25)13-24-20(26)12-11-16(23-24)14-7-9-15(21)10-8-14/h3-12H,2,13H2,1H3,(H,22,25). The Kier molecular flexibility index (Phi) is 5.88. The number of rotatable bonds is 6. The van der Waals surface area contributed by atoms with Gasteiger partial charge in [0.05, 0.1) is 18.0 Å². The van der Waals surface area contributed by atoms with E-state index in [1.165, 1.54) is 6.07 Å². The first-order chi connectivity index (χ1) is 13.1. The number of para-hydroxylation sites is 2. The minimum atomic E-state index is -0.370. The van der Waals surface area contributed by atoms with Crippen molar-refractivity contribution in [1.29, 1.82) is 0 Å². The summed E-state index contributed by atoms with van der Waals surface area (Å²) in [5, 5.41) is 7.65. The van der Waals surface area contributed by atoms with E-state index >= 15 is 0 Å². The molecule has 1 N–H and O–H groups in total. The average Bonchev–Trinajstić information content (AvgIpc) is 2.66. The van der Waals surface area contributed by atoms with Crippen molar-refractivity contribution in [3.63, 3.8) is 0 Å². The van der Waals surface area contributed by atoms with Crippen LogP contribution >= 0.6 is 11.6 Å². The summed E-state index contributed by atoms with van der Waals surface area (Å²) in [6, 6.07) is 17.2. The minimum Gasteiger partial charge on any atom is -0.492 e. The predicted octanol–water partition coefficient (Wildman–Crippen LogP) is 3.60. The molecule has 0 unspecified atom stereocenters. The number of nitrogens with one attached hydrogen (secondary N) is 1. The number of hydrogen-bond donors (Lipinski definition) is 1. The van der Waals surface area contributed by atoms with Gasteiger partial charge in [0.25, 0.3) is 5.56 Å². The van der Waals surface area contributed by atoms with E-state index in [4.69, 9.17) is 16.3 Å². The average molecular weight is 384 g/mol. The Morgan fingerprint density at radius 1 is 1.11 bits per heavy atom. The molecule has 0 bridgehead atoms. The van der Waals surface area contributed by atoms with Crippen LogP contribution in [0.1, 0.15) is 6.92 Å². The molecular weight excluding hydrogens is 366 g/mol. The molecule has 0 radical (unpaired) electrons. The first kappa shape index (κ1) is 18.7. The minimum absolute atomic E-state index is 0.208. The van der Waals surface area contributed by atoms with Crippen LogP contribution in [0.3, 0.4) is 0 Å². The van der Waals surface area contributed by atoms with Crippen LogP contribution in [0.5, 0.6) is 5.75 Å². The molecule has 2 aromatic carbocycles. The van der Waals surface area contributed by atoms with Crippen molar-refractivity contribution < 1.29 is 9.53 Å². The Morgan fingerprint density at radius 2 is 1.85 bits per heavy atom. The summed E-state index contributed by atoms with van der Waals surface area (Å²) in [5.41, 5.74) is 1.57. The van der Waals surface area contributed by atoms with Crippen LogP contribution in [-0.2, 0) is 11.3 Å². The summed E-state index contributed by atoms with van der Waals surface area (Å²) < 4.78 is 6.62. The molecule has 0 fully saturated rings. The van der Waals surface area contributed by atoms with E-state index in [1.807, 2.05) is 13.0 Å². The fourth-order valence-electron chi connectivity index (χ4n) is 2.51. The van der Waals surface area contributed by atoms with Gasteiger partial charge in [-0.25, -0.2) is 4.68 Å². The molecule has 0 aliphatic heterocycles. The van der Waals surface area contributed by atoms with Gasteiger partial charge in [-0.2, -0.15) is 5.10 Å². The Labute approximate surface area is 161 Å². The molecule has 7 heteroatoms. The number of ether oxygens (including phenoxy) is 1. The summed E-state index contributed by atoms with van der Waals surface area (Å²) in [5.74, 6) is 0.202. The quantitative estimate of drug-likeness (QED) is 0.705. The smallest absolute Gasteiger partial charge is 0.267 e. The Bertz CT molecular complexity index is 1000. The van der Waals surface area contributed by atoms with Crippen LogP contribution in [0.15, 0.2) is 65.5 Å². The van der Waals surface area contributed by atoms with E-state index in [1.54, 1.807) is 48.5 Å². The molecule has 138 valence electrons. The van der Waals surface area contributed by atoms with Gasteiger partial charge in [-0.1, -0.05) is 35.9 Å². The number of aromatic nitrogens is 2. The molecule has 6 nitrogen and oxygen atoms in total. The van der Waals surface area contributed by atoms with E-state index in [0.717, 1.165) is 10.2 Å². The second-order valence-corrected chi connectivity index (χ2v) is 6.14. The molecule has 3 aromatic rings. The zero-order valence-corrected chi connectivity index (χ0v) is 15.4.